The summed E-state index contributed by atoms with van der Waals surface area (Å²) in [6.45, 7) is 6.63. The second-order valence-corrected chi connectivity index (χ2v) is 5.93. The number of halogens is 1. The average Bonchev–Trinajstić information content (AvgIpc) is 2.38. The molecule has 1 heterocycles. The second kappa shape index (κ2) is 7.15. The van der Waals surface area contributed by atoms with Gasteiger partial charge in [0.15, 0.2) is 0 Å². The first-order valence-corrected chi connectivity index (χ1v) is 7.66. The summed E-state index contributed by atoms with van der Waals surface area (Å²) in [5, 5.41) is 0. The van der Waals surface area contributed by atoms with E-state index in [0.29, 0.717) is 0 Å². The third-order valence-electron chi connectivity index (χ3n) is 3.46. The monoisotopic (exact) mass is 311 g/mol. The summed E-state index contributed by atoms with van der Waals surface area (Å²) in [5.41, 5.74) is 1.20. The molecule has 100 valence electrons. The van der Waals surface area contributed by atoms with Crippen molar-refractivity contribution in [3.05, 3.63) is 28.2 Å². The highest BCUT2D eigenvalue weighted by Gasteiger charge is 2.09. The van der Waals surface area contributed by atoms with Crippen molar-refractivity contribution in [1.82, 2.24) is 4.90 Å². The first kappa shape index (κ1) is 13.9. The molecule has 0 bridgehead atoms. The van der Waals surface area contributed by atoms with Crippen LogP contribution in [-0.4, -0.2) is 31.1 Å². The fraction of sp³-hybridized carbons (Fsp3) is 0.600. The van der Waals surface area contributed by atoms with E-state index in [-0.39, 0.29) is 0 Å². The Morgan fingerprint density at radius 1 is 1.22 bits per heavy atom. The second-order valence-electron chi connectivity index (χ2n) is 5.01. The molecular formula is C15H22BrNO. The summed E-state index contributed by atoms with van der Waals surface area (Å²) in [5.74, 6) is 1.01. The van der Waals surface area contributed by atoms with Crippen LogP contribution in [-0.2, 0) is 0 Å². The van der Waals surface area contributed by atoms with Crippen LogP contribution in [0, 0.1) is 6.92 Å². The molecule has 1 saturated heterocycles. The summed E-state index contributed by atoms with van der Waals surface area (Å²) in [4.78, 5) is 2.56. The van der Waals surface area contributed by atoms with E-state index in [1.807, 2.05) is 12.1 Å². The van der Waals surface area contributed by atoms with E-state index in [2.05, 4.69) is 33.8 Å². The Morgan fingerprint density at radius 3 is 2.72 bits per heavy atom. The SMILES string of the molecule is Cc1cc(Br)ccc1OCCCN1CCCCC1. The molecule has 0 atom stereocenters. The van der Waals surface area contributed by atoms with Crippen molar-refractivity contribution in [1.29, 1.82) is 0 Å². The molecule has 0 radical (unpaired) electrons. The summed E-state index contributed by atoms with van der Waals surface area (Å²) in [6.07, 6.45) is 5.26. The Morgan fingerprint density at radius 2 is 2.00 bits per heavy atom. The van der Waals surface area contributed by atoms with Gasteiger partial charge in [0.05, 0.1) is 6.61 Å². The van der Waals surface area contributed by atoms with Gasteiger partial charge in [-0.1, -0.05) is 22.4 Å². The molecule has 0 unspecified atom stereocenters. The summed E-state index contributed by atoms with van der Waals surface area (Å²) in [6, 6.07) is 6.17. The van der Waals surface area contributed by atoms with Crippen LogP contribution in [0.3, 0.4) is 0 Å². The fourth-order valence-electron chi connectivity index (χ4n) is 2.43. The molecule has 0 aliphatic carbocycles. The van der Waals surface area contributed by atoms with Crippen LogP contribution in [0.4, 0.5) is 0 Å². The number of nitrogens with zero attached hydrogens (tertiary/aromatic N) is 1. The van der Waals surface area contributed by atoms with Crippen LogP contribution in [0.1, 0.15) is 31.2 Å². The van der Waals surface area contributed by atoms with Crippen molar-refractivity contribution in [2.24, 2.45) is 0 Å². The standard InChI is InChI=1S/C15H22BrNO/c1-13-12-14(16)6-7-15(13)18-11-5-10-17-8-3-2-4-9-17/h6-7,12H,2-5,8-11H2,1H3. The summed E-state index contributed by atoms with van der Waals surface area (Å²) >= 11 is 3.47. The maximum Gasteiger partial charge on any atom is 0.122 e. The van der Waals surface area contributed by atoms with Crippen LogP contribution in [0.15, 0.2) is 22.7 Å². The number of ether oxygens (including phenoxy) is 1. The number of piperidine rings is 1. The Kier molecular flexibility index (Phi) is 5.51. The van der Waals surface area contributed by atoms with Crippen LogP contribution in [0.5, 0.6) is 5.75 Å². The number of hydrogen-bond acceptors (Lipinski definition) is 2. The Hall–Kier alpha value is -0.540. The third-order valence-corrected chi connectivity index (χ3v) is 3.96. The lowest BCUT2D eigenvalue weighted by Crippen LogP contribution is -2.31. The number of likely N-dealkylation sites (tertiary alicyclic amines) is 1. The minimum Gasteiger partial charge on any atom is -0.493 e. The number of benzene rings is 1. The zero-order valence-corrected chi connectivity index (χ0v) is 12.7. The van der Waals surface area contributed by atoms with Crippen molar-refractivity contribution in [2.75, 3.05) is 26.2 Å². The summed E-state index contributed by atoms with van der Waals surface area (Å²) in [7, 11) is 0. The van der Waals surface area contributed by atoms with Crippen molar-refractivity contribution in [3.63, 3.8) is 0 Å². The number of hydrogen-bond donors (Lipinski definition) is 0. The molecular weight excluding hydrogens is 290 g/mol. The van der Waals surface area contributed by atoms with Crippen molar-refractivity contribution < 1.29 is 4.74 Å². The minimum atomic E-state index is 0.818. The van der Waals surface area contributed by atoms with Gasteiger partial charge < -0.3 is 9.64 Å². The predicted molar refractivity (Wildman–Crippen MR) is 79.3 cm³/mol. The van der Waals surface area contributed by atoms with Gasteiger partial charge in [-0.15, -0.1) is 0 Å². The molecule has 1 aliphatic rings. The van der Waals surface area contributed by atoms with Gasteiger partial charge >= 0.3 is 0 Å². The summed E-state index contributed by atoms with van der Waals surface area (Å²) < 4.78 is 6.95. The molecule has 0 aromatic heterocycles. The molecule has 1 aromatic rings. The van der Waals surface area contributed by atoms with E-state index in [0.717, 1.165) is 23.2 Å². The van der Waals surface area contributed by atoms with Crippen LogP contribution in [0.2, 0.25) is 0 Å². The first-order chi connectivity index (χ1) is 8.75. The Labute approximate surface area is 118 Å². The molecule has 1 aromatic carbocycles. The largest absolute Gasteiger partial charge is 0.493 e. The van der Waals surface area contributed by atoms with E-state index in [9.17, 15) is 0 Å². The molecule has 0 spiro atoms. The number of aryl methyl sites for hydroxylation is 1. The topological polar surface area (TPSA) is 12.5 Å². The van der Waals surface area contributed by atoms with Gasteiger partial charge in [0.25, 0.3) is 0 Å². The van der Waals surface area contributed by atoms with Crippen LogP contribution in [0.25, 0.3) is 0 Å². The molecule has 1 aliphatic heterocycles. The van der Waals surface area contributed by atoms with Gasteiger partial charge in [0.2, 0.25) is 0 Å². The molecule has 18 heavy (non-hydrogen) atoms. The predicted octanol–water partition coefficient (Wildman–Crippen LogP) is 4.01. The maximum absolute atomic E-state index is 5.84. The van der Waals surface area contributed by atoms with Crippen LogP contribution >= 0.6 is 15.9 Å². The molecule has 0 N–H and O–H groups in total. The van der Waals surface area contributed by atoms with Gasteiger partial charge in [0, 0.05) is 11.0 Å². The molecule has 3 heteroatoms. The highest BCUT2D eigenvalue weighted by molar-refractivity contribution is 9.10. The first-order valence-electron chi connectivity index (χ1n) is 6.87. The van der Waals surface area contributed by atoms with Crippen molar-refractivity contribution in [3.8, 4) is 5.75 Å². The van der Waals surface area contributed by atoms with Crippen molar-refractivity contribution in [2.45, 2.75) is 32.6 Å². The lowest BCUT2D eigenvalue weighted by atomic mass is 10.1. The van der Waals surface area contributed by atoms with Gasteiger partial charge in [-0.2, -0.15) is 0 Å². The molecule has 1 fully saturated rings. The molecule has 0 saturated carbocycles. The van der Waals surface area contributed by atoms with E-state index in [1.165, 1.54) is 44.5 Å². The smallest absolute Gasteiger partial charge is 0.122 e. The highest BCUT2D eigenvalue weighted by Crippen LogP contribution is 2.22. The normalized spacial score (nSPS) is 16.8. The van der Waals surface area contributed by atoms with E-state index < -0.39 is 0 Å². The Balaban J connectivity index is 1.68. The lowest BCUT2D eigenvalue weighted by molar-refractivity contribution is 0.204. The highest BCUT2D eigenvalue weighted by atomic mass is 79.9. The van der Waals surface area contributed by atoms with Gasteiger partial charge in [-0.25, -0.2) is 0 Å². The van der Waals surface area contributed by atoms with E-state index in [1.54, 1.807) is 0 Å². The third kappa shape index (κ3) is 4.29. The van der Waals surface area contributed by atoms with Crippen molar-refractivity contribution >= 4 is 15.9 Å². The zero-order valence-electron chi connectivity index (χ0n) is 11.1. The van der Waals surface area contributed by atoms with Gasteiger partial charge in [0.1, 0.15) is 5.75 Å². The molecule has 2 rings (SSSR count). The van der Waals surface area contributed by atoms with E-state index in [4.69, 9.17) is 4.74 Å². The average molecular weight is 312 g/mol. The Bertz CT molecular complexity index is 375. The van der Waals surface area contributed by atoms with E-state index >= 15 is 0 Å². The fourth-order valence-corrected chi connectivity index (χ4v) is 2.90. The van der Waals surface area contributed by atoms with Gasteiger partial charge in [-0.05, 0) is 63.0 Å². The zero-order chi connectivity index (χ0) is 12.8. The van der Waals surface area contributed by atoms with Gasteiger partial charge in [-0.3, -0.25) is 0 Å². The maximum atomic E-state index is 5.84. The van der Waals surface area contributed by atoms with Crippen LogP contribution < -0.4 is 4.74 Å². The molecule has 2 nitrogen and oxygen atoms in total. The lowest BCUT2D eigenvalue weighted by Gasteiger charge is -2.26. The number of rotatable bonds is 5. The molecule has 0 amide bonds. The minimum absolute atomic E-state index is 0.818. The quantitative estimate of drug-likeness (QED) is 0.762.